The molecule has 1 amide bonds. The van der Waals surface area contributed by atoms with Gasteiger partial charge in [-0.3, -0.25) is 4.79 Å². The zero-order valence-electron chi connectivity index (χ0n) is 11.6. The number of anilines is 1. The summed E-state index contributed by atoms with van der Waals surface area (Å²) in [7, 11) is 0. The summed E-state index contributed by atoms with van der Waals surface area (Å²) in [6, 6.07) is 9.11. The van der Waals surface area contributed by atoms with Crippen LogP contribution >= 0.6 is 11.8 Å². The van der Waals surface area contributed by atoms with E-state index in [0.29, 0.717) is 12.2 Å². The molecular formula is C16H14F3NOS. The summed E-state index contributed by atoms with van der Waals surface area (Å²) in [6.07, 6.45) is 0.821. The van der Waals surface area contributed by atoms with E-state index in [-0.39, 0.29) is 23.8 Å². The second-order valence-corrected chi connectivity index (χ2v) is 5.75. The van der Waals surface area contributed by atoms with Crippen LogP contribution in [0.5, 0.6) is 0 Å². The Kier molecular flexibility index (Phi) is 5.89. The third-order valence-corrected chi connectivity index (χ3v) is 3.93. The summed E-state index contributed by atoms with van der Waals surface area (Å²) in [4.78, 5) is 12.6. The lowest BCUT2D eigenvalue weighted by atomic mass is 10.2. The van der Waals surface area contributed by atoms with Crippen molar-refractivity contribution in [1.29, 1.82) is 0 Å². The zero-order valence-corrected chi connectivity index (χ0v) is 12.4. The van der Waals surface area contributed by atoms with Gasteiger partial charge in [0.25, 0.3) is 0 Å². The first kappa shape index (κ1) is 16.4. The fourth-order valence-corrected chi connectivity index (χ4v) is 2.61. The number of carbonyl (C=O) groups excluding carboxylic acids is 1. The van der Waals surface area contributed by atoms with Gasteiger partial charge in [0.15, 0.2) is 0 Å². The molecule has 0 saturated heterocycles. The maximum atomic E-state index is 13.4. The van der Waals surface area contributed by atoms with Crippen LogP contribution in [0.3, 0.4) is 0 Å². The third kappa shape index (κ3) is 5.11. The molecule has 2 rings (SSSR count). The van der Waals surface area contributed by atoms with E-state index in [1.54, 1.807) is 12.1 Å². The van der Waals surface area contributed by atoms with Crippen molar-refractivity contribution in [3.63, 3.8) is 0 Å². The molecule has 0 saturated carbocycles. The van der Waals surface area contributed by atoms with Crippen molar-refractivity contribution in [3.05, 3.63) is 59.9 Å². The molecule has 2 nitrogen and oxygen atoms in total. The number of amides is 1. The Morgan fingerprint density at radius 3 is 2.36 bits per heavy atom. The van der Waals surface area contributed by atoms with Crippen LogP contribution in [-0.4, -0.2) is 11.7 Å². The van der Waals surface area contributed by atoms with Gasteiger partial charge in [-0.1, -0.05) is 0 Å². The molecule has 6 heteroatoms. The summed E-state index contributed by atoms with van der Waals surface area (Å²) in [5.74, 6) is -1.42. The average molecular weight is 325 g/mol. The SMILES string of the molecule is O=C(CCCSc1ccc(F)cc1)Nc1ccc(F)cc1F. The fraction of sp³-hybridized carbons (Fsp3) is 0.188. The average Bonchev–Trinajstić information content (AvgIpc) is 2.48. The Bertz CT molecular complexity index is 646. The molecule has 0 aliphatic rings. The number of halogens is 3. The van der Waals surface area contributed by atoms with Gasteiger partial charge in [-0.15, -0.1) is 11.8 Å². The van der Waals surface area contributed by atoms with Crippen molar-refractivity contribution in [3.8, 4) is 0 Å². The van der Waals surface area contributed by atoms with Crippen LogP contribution in [-0.2, 0) is 4.79 Å². The highest BCUT2D eigenvalue weighted by Crippen LogP contribution is 2.20. The van der Waals surface area contributed by atoms with E-state index >= 15 is 0 Å². The maximum Gasteiger partial charge on any atom is 0.224 e. The Balaban J connectivity index is 1.72. The summed E-state index contributed by atoms with van der Waals surface area (Å²) in [6.45, 7) is 0. The molecule has 2 aromatic carbocycles. The number of thioether (sulfide) groups is 1. The second kappa shape index (κ2) is 7.89. The minimum Gasteiger partial charge on any atom is -0.324 e. The summed E-state index contributed by atoms with van der Waals surface area (Å²) in [5.41, 5.74) is -0.0300. The van der Waals surface area contributed by atoms with E-state index in [9.17, 15) is 18.0 Å². The molecule has 2 aromatic rings. The normalized spacial score (nSPS) is 10.5. The van der Waals surface area contributed by atoms with Crippen molar-refractivity contribution in [2.24, 2.45) is 0 Å². The van der Waals surface area contributed by atoms with Gasteiger partial charge in [-0.25, -0.2) is 13.2 Å². The molecule has 0 aliphatic carbocycles. The minimum atomic E-state index is -0.797. The van der Waals surface area contributed by atoms with Gasteiger partial charge >= 0.3 is 0 Å². The molecule has 0 radical (unpaired) electrons. The summed E-state index contributed by atoms with van der Waals surface area (Å²) < 4.78 is 38.8. The predicted molar refractivity (Wildman–Crippen MR) is 81.3 cm³/mol. The van der Waals surface area contributed by atoms with Crippen molar-refractivity contribution in [2.45, 2.75) is 17.7 Å². The smallest absolute Gasteiger partial charge is 0.224 e. The van der Waals surface area contributed by atoms with Gasteiger partial charge in [0.2, 0.25) is 5.91 Å². The zero-order chi connectivity index (χ0) is 15.9. The van der Waals surface area contributed by atoms with Crippen molar-refractivity contribution in [1.82, 2.24) is 0 Å². The van der Waals surface area contributed by atoms with E-state index in [0.717, 1.165) is 17.0 Å². The van der Waals surface area contributed by atoms with Gasteiger partial charge in [-0.05, 0) is 48.6 Å². The molecular weight excluding hydrogens is 311 g/mol. The van der Waals surface area contributed by atoms with Crippen molar-refractivity contribution in [2.75, 3.05) is 11.1 Å². The quantitative estimate of drug-likeness (QED) is 0.620. The maximum absolute atomic E-state index is 13.4. The first-order valence-electron chi connectivity index (χ1n) is 6.68. The number of benzene rings is 2. The Labute approximate surface area is 130 Å². The largest absolute Gasteiger partial charge is 0.324 e. The van der Waals surface area contributed by atoms with Gasteiger partial charge in [0, 0.05) is 17.4 Å². The molecule has 116 valence electrons. The minimum absolute atomic E-state index is 0.0300. The molecule has 0 aliphatic heterocycles. The van der Waals surface area contributed by atoms with Gasteiger partial charge < -0.3 is 5.32 Å². The van der Waals surface area contributed by atoms with Crippen molar-refractivity contribution >= 4 is 23.4 Å². The highest BCUT2D eigenvalue weighted by molar-refractivity contribution is 7.99. The Morgan fingerprint density at radius 1 is 1.00 bits per heavy atom. The van der Waals surface area contributed by atoms with Crippen LogP contribution in [0.1, 0.15) is 12.8 Å². The number of rotatable bonds is 6. The fourth-order valence-electron chi connectivity index (χ4n) is 1.76. The molecule has 1 N–H and O–H groups in total. The Morgan fingerprint density at radius 2 is 1.68 bits per heavy atom. The molecule has 0 fully saturated rings. The van der Waals surface area contributed by atoms with E-state index in [1.165, 1.54) is 30.0 Å². The summed E-state index contributed by atoms with van der Waals surface area (Å²) >= 11 is 1.51. The number of carbonyl (C=O) groups is 1. The van der Waals surface area contributed by atoms with E-state index < -0.39 is 11.6 Å². The van der Waals surface area contributed by atoms with Crippen molar-refractivity contribution < 1.29 is 18.0 Å². The predicted octanol–water partition coefficient (Wildman–Crippen LogP) is 4.61. The van der Waals surface area contributed by atoms with Crippen LogP contribution in [0.15, 0.2) is 47.4 Å². The molecule has 22 heavy (non-hydrogen) atoms. The lowest BCUT2D eigenvalue weighted by Gasteiger charge is -2.06. The topological polar surface area (TPSA) is 29.1 Å². The number of nitrogens with one attached hydrogen (secondary N) is 1. The molecule has 0 bridgehead atoms. The monoisotopic (exact) mass is 325 g/mol. The molecule has 0 aromatic heterocycles. The molecule has 0 atom stereocenters. The van der Waals surface area contributed by atoms with Crippen LogP contribution in [0, 0.1) is 17.5 Å². The van der Waals surface area contributed by atoms with Gasteiger partial charge in [0.1, 0.15) is 17.5 Å². The lowest BCUT2D eigenvalue weighted by molar-refractivity contribution is -0.116. The third-order valence-electron chi connectivity index (χ3n) is 2.84. The number of hydrogen-bond acceptors (Lipinski definition) is 2. The first-order valence-corrected chi connectivity index (χ1v) is 7.66. The first-order chi connectivity index (χ1) is 10.5. The Hall–Kier alpha value is -1.95. The summed E-state index contributed by atoms with van der Waals surface area (Å²) in [5, 5.41) is 2.40. The van der Waals surface area contributed by atoms with Crippen LogP contribution in [0.2, 0.25) is 0 Å². The highest BCUT2D eigenvalue weighted by atomic mass is 32.2. The molecule has 0 unspecified atom stereocenters. The van der Waals surface area contributed by atoms with E-state index in [4.69, 9.17) is 0 Å². The standard InChI is InChI=1S/C16H14F3NOS/c17-11-3-6-13(7-4-11)22-9-1-2-16(21)20-15-8-5-12(18)10-14(15)19/h3-8,10H,1-2,9H2,(H,20,21). The second-order valence-electron chi connectivity index (χ2n) is 4.58. The van der Waals surface area contributed by atoms with E-state index in [2.05, 4.69) is 5.32 Å². The van der Waals surface area contributed by atoms with Crippen LogP contribution < -0.4 is 5.32 Å². The van der Waals surface area contributed by atoms with Crippen LogP contribution in [0.4, 0.5) is 18.9 Å². The van der Waals surface area contributed by atoms with Gasteiger partial charge in [0.05, 0.1) is 5.69 Å². The highest BCUT2D eigenvalue weighted by Gasteiger charge is 2.08. The number of hydrogen-bond donors (Lipinski definition) is 1. The van der Waals surface area contributed by atoms with Crippen LogP contribution in [0.25, 0.3) is 0 Å². The molecule has 0 heterocycles. The van der Waals surface area contributed by atoms with Gasteiger partial charge in [-0.2, -0.15) is 0 Å². The molecule has 0 spiro atoms. The van der Waals surface area contributed by atoms with E-state index in [1.807, 2.05) is 0 Å². The lowest BCUT2D eigenvalue weighted by Crippen LogP contribution is -2.12.